The Morgan fingerprint density at radius 2 is 1.97 bits per heavy atom. The second-order valence-corrected chi connectivity index (χ2v) is 8.82. The van der Waals surface area contributed by atoms with Gasteiger partial charge in [0.25, 0.3) is 0 Å². The molecule has 1 heterocycles. The molecular weight excluding hydrogens is 436 g/mol. The van der Waals surface area contributed by atoms with E-state index in [2.05, 4.69) is 27.9 Å². The zero-order valence-corrected chi connectivity index (χ0v) is 19.6. The zero-order valence-electron chi connectivity index (χ0n) is 18.8. The molecule has 0 fully saturated rings. The predicted octanol–water partition coefficient (Wildman–Crippen LogP) is 5.49. The molecule has 1 aromatic heterocycles. The van der Waals surface area contributed by atoms with Crippen molar-refractivity contribution in [2.24, 2.45) is 0 Å². The highest BCUT2D eigenvalue weighted by Gasteiger charge is 2.27. The summed E-state index contributed by atoms with van der Waals surface area (Å²) in [7, 11) is 3.48. The minimum absolute atomic E-state index is 0.0194. The van der Waals surface area contributed by atoms with E-state index in [1.165, 1.54) is 5.56 Å². The number of hydrogen-bond donors (Lipinski definition) is 1. The molecule has 2 unspecified atom stereocenters. The molecule has 0 aliphatic heterocycles. The Morgan fingerprint density at radius 3 is 2.67 bits per heavy atom. The fourth-order valence-corrected chi connectivity index (χ4v) is 4.76. The number of carbonyl (C=O) groups excluding carboxylic acids is 1. The summed E-state index contributed by atoms with van der Waals surface area (Å²) in [6.45, 7) is 0. The molecule has 7 heteroatoms. The van der Waals surface area contributed by atoms with Gasteiger partial charge in [0.2, 0.25) is 5.88 Å². The molecule has 0 bridgehead atoms. The topological polar surface area (TPSA) is 69.7 Å². The molecule has 1 aliphatic carbocycles. The standard InChI is InChI=1S/C26H28N2O4S/c1-27-33-17-19(14-15-29)18-6-8-20(9-7-18)31-25-12-11-23-22(25)4-3-5-24(23)32-21-10-13-26(30-2)28-16-21/h3-10,13,15-16,19,25,27H,11-12,14,17H2,1-2H3. The number of rotatable bonds is 11. The second-order valence-electron chi connectivity index (χ2n) is 7.79. The number of fused-ring (bicyclic) bond motifs is 1. The molecule has 6 nitrogen and oxygen atoms in total. The number of hydrogen-bond acceptors (Lipinski definition) is 7. The molecule has 0 radical (unpaired) electrons. The van der Waals surface area contributed by atoms with Gasteiger partial charge in [-0.15, -0.1) is 0 Å². The Balaban J connectivity index is 1.45. The molecule has 0 saturated carbocycles. The number of methoxy groups -OCH3 is 1. The maximum Gasteiger partial charge on any atom is 0.213 e. The van der Waals surface area contributed by atoms with Gasteiger partial charge in [-0.25, -0.2) is 4.98 Å². The summed E-state index contributed by atoms with van der Waals surface area (Å²) in [5.74, 6) is 3.92. The average Bonchev–Trinajstić information content (AvgIpc) is 3.26. The van der Waals surface area contributed by atoms with Crippen molar-refractivity contribution in [1.29, 1.82) is 0 Å². The third-order valence-electron chi connectivity index (χ3n) is 5.76. The molecule has 172 valence electrons. The van der Waals surface area contributed by atoms with Gasteiger partial charge >= 0.3 is 0 Å². The highest BCUT2D eigenvalue weighted by Crippen LogP contribution is 2.41. The van der Waals surface area contributed by atoms with Gasteiger partial charge in [-0.05, 0) is 55.3 Å². The smallest absolute Gasteiger partial charge is 0.213 e. The summed E-state index contributed by atoms with van der Waals surface area (Å²) in [6.07, 6.45) is 4.93. The van der Waals surface area contributed by atoms with Gasteiger partial charge < -0.3 is 19.0 Å². The molecule has 33 heavy (non-hydrogen) atoms. The normalized spacial score (nSPS) is 15.5. The van der Waals surface area contributed by atoms with E-state index < -0.39 is 0 Å². The number of carbonyl (C=O) groups is 1. The van der Waals surface area contributed by atoms with E-state index in [0.717, 1.165) is 47.5 Å². The number of nitrogens with zero attached hydrogens (tertiary/aromatic N) is 1. The van der Waals surface area contributed by atoms with E-state index in [4.69, 9.17) is 14.2 Å². The van der Waals surface area contributed by atoms with Crippen LogP contribution >= 0.6 is 11.9 Å². The Labute approximate surface area is 198 Å². The van der Waals surface area contributed by atoms with Crippen LogP contribution < -0.4 is 18.9 Å². The molecular formula is C26H28N2O4S. The average molecular weight is 465 g/mol. The van der Waals surface area contributed by atoms with Crippen molar-refractivity contribution in [2.45, 2.75) is 31.3 Å². The minimum Gasteiger partial charge on any atom is -0.486 e. The Hall–Kier alpha value is -3.03. The number of aldehydes is 1. The van der Waals surface area contributed by atoms with Crippen LogP contribution in [0.5, 0.6) is 23.1 Å². The van der Waals surface area contributed by atoms with Crippen LogP contribution in [0.2, 0.25) is 0 Å². The highest BCUT2D eigenvalue weighted by molar-refractivity contribution is 7.97. The molecule has 2 aromatic carbocycles. The van der Waals surface area contributed by atoms with E-state index in [-0.39, 0.29) is 12.0 Å². The van der Waals surface area contributed by atoms with Gasteiger partial charge in [-0.2, -0.15) is 0 Å². The van der Waals surface area contributed by atoms with Gasteiger partial charge in [-0.1, -0.05) is 36.2 Å². The highest BCUT2D eigenvalue weighted by atomic mass is 32.2. The van der Waals surface area contributed by atoms with E-state index >= 15 is 0 Å². The van der Waals surface area contributed by atoms with Crippen molar-refractivity contribution >= 4 is 18.2 Å². The molecule has 0 spiro atoms. The van der Waals surface area contributed by atoms with E-state index in [1.807, 2.05) is 37.4 Å². The van der Waals surface area contributed by atoms with E-state index in [9.17, 15) is 4.79 Å². The van der Waals surface area contributed by atoms with Crippen LogP contribution in [-0.4, -0.2) is 31.2 Å². The van der Waals surface area contributed by atoms with Crippen LogP contribution in [0.4, 0.5) is 0 Å². The summed E-state index contributed by atoms with van der Waals surface area (Å²) >= 11 is 1.62. The summed E-state index contributed by atoms with van der Waals surface area (Å²) in [5, 5.41) is 0. The fraction of sp³-hybridized carbons (Fsp3) is 0.308. The minimum atomic E-state index is -0.0194. The zero-order chi connectivity index (χ0) is 23.0. The lowest BCUT2D eigenvalue weighted by Gasteiger charge is -2.18. The third-order valence-corrected chi connectivity index (χ3v) is 6.62. The Bertz CT molecular complexity index is 1060. The first-order valence-electron chi connectivity index (χ1n) is 11.0. The maximum atomic E-state index is 11.1. The molecule has 0 saturated heterocycles. The second kappa shape index (κ2) is 11.2. The largest absolute Gasteiger partial charge is 0.486 e. The van der Waals surface area contributed by atoms with Crippen LogP contribution in [-0.2, 0) is 11.2 Å². The number of nitrogens with one attached hydrogen (secondary N) is 1. The van der Waals surface area contributed by atoms with Crippen LogP contribution in [0.3, 0.4) is 0 Å². The third kappa shape index (κ3) is 5.67. The van der Waals surface area contributed by atoms with Crippen molar-refractivity contribution in [3.05, 3.63) is 77.5 Å². The van der Waals surface area contributed by atoms with Crippen molar-refractivity contribution < 1.29 is 19.0 Å². The first kappa shape index (κ1) is 23.1. The lowest BCUT2D eigenvalue weighted by molar-refractivity contribution is -0.108. The van der Waals surface area contributed by atoms with Crippen molar-refractivity contribution in [2.75, 3.05) is 19.9 Å². The van der Waals surface area contributed by atoms with E-state index in [1.54, 1.807) is 31.3 Å². The van der Waals surface area contributed by atoms with Crippen LogP contribution in [0.25, 0.3) is 0 Å². The summed E-state index contributed by atoms with van der Waals surface area (Å²) < 4.78 is 20.6. The van der Waals surface area contributed by atoms with Crippen molar-refractivity contribution in [3.8, 4) is 23.1 Å². The summed E-state index contributed by atoms with van der Waals surface area (Å²) in [5.41, 5.74) is 3.47. The predicted molar refractivity (Wildman–Crippen MR) is 130 cm³/mol. The Morgan fingerprint density at radius 1 is 1.15 bits per heavy atom. The lowest BCUT2D eigenvalue weighted by Crippen LogP contribution is -2.07. The molecule has 0 amide bonds. The van der Waals surface area contributed by atoms with Gasteiger partial charge in [0, 0.05) is 29.7 Å². The number of aromatic nitrogens is 1. The van der Waals surface area contributed by atoms with Crippen LogP contribution in [0.15, 0.2) is 60.8 Å². The van der Waals surface area contributed by atoms with Crippen LogP contribution in [0.1, 0.15) is 41.6 Å². The fourth-order valence-electron chi connectivity index (χ4n) is 4.06. The first-order chi connectivity index (χ1) is 16.2. The lowest BCUT2D eigenvalue weighted by atomic mass is 9.98. The quantitative estimate of drug-likeness (QED) is 0.297. The van der Waals surface area contributed by atoms with Gasteiger partial charge in [0.15, 0.2) is 0 Å². The molecule has 2 atom stereocenters. The molecule has 3 aromatic rings. The number of ether oxygens (including phenoxy) is 3. The molecule has 1 N–H and O–H groups in total. The first-order valence-corrected chi connectivity index (χ1v) is 12.0. The maximum absolute atomic E-state index is 11.1. The SMILES string of the molecule is CNSCC(CC=O)c1ccc(OC2CCc3c(Oc4ccc(OC)nc4)cccc32)cc1. The summed E-state index contributed by atoms with van der Waals surface area (Å²) in [6, 6.07) is 17.8. The van der Waals surface area contributed by atoms with E-state index in [0.29, 0.717) is 18.1 Å². The molecule has 1 aliphatic rings. The monoisotopic (exact) mass is 464 g/mol. The van der Waals surface area contributed by atoms with Gasteiger partial charge in [0.1, 0.15) is 29.6 Å². The number of pyridine rings is 1. The van der Waals surface area contributed by atoms with Gasteiger partial charge in [0.05, 0.1) is 13.3 Å². The van der Waals surface area contributed by atoms with Crippen molar-refractivity contribution in [3.63, 3.8) is 0 Å². The van der Waals surface area contributed by atoms with Gasteiger partial charge in [-0.3, -0.25) is 4.72 Å². The molecule has 4 rings (SSSR count). The Kier molecular flexibility index (Phi) is 7.86. The summed E-state index contributed by atoms with van der Waals surface area (Å²) in [4.78, 5) is 15.3. The number of benzene rings is 2. The van der Waals surface area contributed by atoms with Crippen molar-refractivity contribution in [1.82, 2.24) is 9.71 Å². The van der Waals surface area contributed by atoms with Crippen LogP contribution in [0, 0.1) is 0 Å².